The standard InChI is InChI=1S/C16H13ClO4S/c17-13-8-11(9-14-16(13)21-10-20-14)3-4-15(18)19-6-5-12-2-1-7-22-12/h1-4,7-9H,5-6,10H2/b4-3+. The Morgan fingerprint density at radius 1 is 1.41 bits per heavy atom. The monoisotopic (exact) mass is 336 g/mol. The molecule has 0 saturated heterocycles. The first kappa shape index (κ1) is 14.9. The van der Waals surface area contributed by atoms with Crippen LogP contribution in [0.4, 0.5) is 0 Å². The van der Waals surface area contributed by atoms with Crippen LogP contribution in [-0.4, -0.2) is 19.4 Å². The Labute approximate surface area is 136 Å². The van der Waals surface area contributed by atoms with Gasteiger partial charge < -0.3 is 14.2 Å². The van der Waals surface area contributed by atoms with Gasteiger partial charge in [-0.1, -0.05) is 17.7 Å². The fourth-order valence-corrected chi connectivity index (χ4v) is 2.97. The molecule has 0 fully saturated rings. The highest BCUT2D eigenvalue weighted by atomic mass is 35.5. The molecule has 0 N–H and O–H groups in total. The zero-order valence-corrected chi connectivity index (χ0v) is 13.2. The molecule has 0 atom stereocenters. The number of halogens is 1. The second kappa shape index (κ2) is 6.85. The van der Waals surface area contributed by atoms with E-state index in [-0.39, 0.29) is 12.8 Å². The second-order valence-electron chi connectivity index (χ2n) is 4.57. The molecular weight excluding hydrogens is 324 g/mol. The van der Waals surface area contributed by atoms with E-state index in [4.69, 9.17) is 25.8 Å². The third kappa shape index (κ3) is 3.61. The summed E-state index contributed by atoms with van der Waals surface area (Å²) in [6.07, 6.45) is 3.75. The molecule has 0 aliphatic carbocycles. The molecule has 0 unspecified atom stereocenters. The van der Waals surface area contributed by atoms with Crippen LogP contribution in [0.15, 0.2) is 35.7 Å². The van der Waals surface area contributed by atoms with E-state index in [1.54, 1.807) is 29.5 Å². The van der Waals surface area contributed by atoms with Crippen LogP contribution in [0.3, 0.4) is 0 Å². The number of esters is 1. The maximum absolute atomic E-state index is 11.7. The van der Waals surface area contributed by atoms with E-state index in [0.717, 1.165) is 12.0 Å². The van der Waals surface area contributed by atoms with Crippen LogP contribution in [0.5, 0.6) is 11.5 Å². The molecule has 0 saturated carbocycles. The van der Waals surface area contributed by atoms with Gasteiger partial charge in [0.25, 0.3) is 0 Å². The predicted molar refractivity (Wildman–Crippen MR) is 85.6 cm³/mol. The quantitative estimate of drug-likeness (QED) is 0.613. The second-order valence-corrected chi connectivity index (χ2v) is 6.01. The smallest absolute Gasteiger partial charge is 0.330 e. The first-order valence-corrected chi connectivity index (χ1v) is 7.94. The molecule has 0 spiro atoms. The maximum Gasteiger partial charge on any atom is 0.330 e. The number of hydrogen-bond acceptors (Lipinski definition) is 5. The minimum Gasteiger partial charge on any atom is -0.462 e. The minimum absolute atomic E-state index is 0.160. The third-order valence-electron chi connectivity index (χ3n) is 3.03. The van der Waals surface area contributed by atoms with E-state index < -0.39 is 0 Å². The fraction of sp³-hybridized carbons (Fsp3) is 0.188. The highest BCUT2D eigenvalue weighted by Gasteiger charge is 2.17. The molecule has 1 aliphatic heterocycles. The van der Waals surface area contributed by atoms with E-state index in [1.807, 2.05) is 17.5 Å². The first-order chi connectivity index (χ1) is 10.7. The number of carbonyl (C=O) groups is 1. The van der Waals surface area contributed by atoms with Crippen molar-refractivity contribution in [2.45, 2.75) is 6.42 Å². The molecule has 1 aromatic carbocycles. The molecule has 0 radical (unpaired) electrons. The molecule has 0 bridgehead atoms. The van der Waals surface area contributed by atoms with E-state index in [9.17, 15) is 4.79 Å². The van der Waals surface area contributed by atoms with E-state index in [0.29, 0.717) is 23.1 Å². The van der Waals surface area contributed by atoms with Crippen LogP contribution < -0.4 is 9.47 Å². The molecule has 4 nitrogen and oxygen atoms in total. The lowest BCUT2D eigenvalue weighted by Gasteiger charge is -2.02. The van der Waals surface area contributed by atoms with Crippen molar-refractivity contribution in [3.05, 3.63) is 51.2 Å². The van der Waals surface area contributed by atoms with Crippen molar-refractivity contribution in [2.75, 3.05) is 13.4 Å². The van der Waals surface area contributed by atoms with Crippen molar-refractivity contribution < 1.29 is 19.0 Å². The number of carbonyl (C=O) groups excluding carboxylic acids is 1. The lowest BCUT2D eigenvalue weighted by atomic mass is 10.2. The van der Waals surface area contributed by atoms with Gasteiger partial charge in [0.2, 0.25) is 6.79 Å². The Hall–Kier alpha value is -1.98. The lowest BCUT2D eigenvalue weighted by Crippen LogP contribution is -2.03. The van der Waals surface area contributed by atoms with Crippen LogP contribution >= 0.6 is 22.9 Å². The number of benzene rings is 1. The van der Waals surface area contributed by atoms with Crippen molar-refractivity contribution in [1.29, 1.82) is 0 Å². The van der Waals surface area contributed by atoms with E-state index >= 15 is 0 Å². The molecule has 22 heavy (non-hydrogen) atoms. The third-order valence-corrected chi connectivity index (χ3v) is 4.25. The number of ether oxygens (including phenoxy) is 3. The Morgan fingerprint density at radius 2 is 2.32 bits per heavy atom. The molecule has 114 valence electrons. The zero-order valence-electron chi connectivity index (χ0n) is 11.6. The van der Waals surface area contributed by atoms with Crippen molar-refractivity contribution in [1.82, 2.24) is 0 Å². The SMILES string of the molecule is O=C(/C=C/c1cc(Cl)c2c(c1)OCO2)OCCc1cccs1. The number of fused-ring (bicyclic) bond motifs is 1. The van der Waals surface area contributed by atoms with Crippen LogP contribution in [0.1, 0.15) is 10.4 Å². The van der Waals surface area contributed by atoms with E-state index in [2.05, 4.69) is 0 Å². The maximum atomic E-state index is 11.7. The number of rotatable bonds is 5. The molecule has 2 aromatic rings. The Morgan fingerprint density at radius 3 is 3.14 bits per heavy atom. The van der Waals surface area contributed by atoms with Crippen molar-refractivity contribution in [2.24, 2.45) is 0 Å². The van der Waals surface area contributed by atoms with Gasteiger partial charge in [-0.25, -0.2) is 4.79 Å². The van der Waals surface area contributed by atoms with Crippen molar-refractivity contribution in [3.8, 4) is 11.5 Å². The van der Waals surface area contributed by atoms with Crippen molar-refractivity contribution in [3.63, 3.8) is 0 Å². The topological polar surface area (TPSA) is 44.8 Å². The van der Waals surface area contributed by atoms with Gasteiger partial charge >= 0.3 is 5.97 Å². The summed E-state index contributed by atoms with van der Waals surface area (Å²) >= 11 is 7.72. The summed E-state index contributed by atoms with van der Waals surface area (Å²) < 4.78 is 15.7. The number of thiophene rings is 1. The normalized spacial score (nSPS) is 12.8. The van der Waals surface area contributed by atoms with Gasteiger partial charge in [0.15, 0.2) is 11.5 Å². The Bertz CT molecular complexity index is 694. The minimum atomic E-state index is -0.384. The predicted octanol–water partition coefficient (Wildman–Crippen LogP) is 3.93. The van der Waals surface area contributed by atoms with Gasteiger partial charge in [-0.15, -0.1) is 11.3 Å². The lowest BCUT2D eigenvalue weighted by molar-refractivity contribution is -0.137. The summed E-state index contributed by atoms with van der Waals surface area (Å²) in [5.74, 6) is 0.737. The van der Waals surface area contributed by atoms with Gasteiger partial charge in [0.05, 0.1) is 11.6 Å². The summed E-state index contributed by atoms with van der Waals surface area (Å²) in [4.78, 5) is 12.9. The summed E-state index contributed by atoms with van der Waals surface area (Å²) in [7, 11) is 0. The molecule has 6 heteroatoms. The first-order valence-electron chi connectivity index (χ1n) is 6.69. The molecule has 2 heterocycles. The summed E-state index contributed by atoms with van der Waals surface area (Å²) in [5, 5.41) is 2.46. The Kier molecular flexibility index (Phi) is 4.65. The van der Waals surface area contributed by atoms with Gasteiger partial charge in [-0.2, -0.15) is 0 Å². The van der Waals surface area contributed by atoms with Crippen LogP contribution in [0, 0.1) is 0 Å². The molecular formula is C16H13ClO4S. The molecule has 1 aromatic heterocycles. The van der Waals surface area contributed by atoms with Gasteiger partial charge in [-0.05, 0) is 35.2 Å². The van der Waals surface area contributed by atoms with Gasteiger partial charge in [-0.3, -0.25) is 0 Å². The van der Waals surface area contributed by atoms with Crippen LogP contribution in [0.2, 0.25) is 5.02 Å². The summed E-state index contributed by atoms with van der Waals surface area (Å²) in [6.45, 7) is 0.526. The Balaban J connectivity index is 1.55. The number of hydrogen-bond donors (Lipinski definition) is 0. The summed E-state index contributed by atoms with van der Waals surface area (Å²) in [6, 6.07) is 7.47. The largest absolute Gasteiger partial charge is 0.462 e. The zero-order chi connectivity index (χ0) is 15.4. The molecule has 1 aliphatic rings. The fourth-order valence-electron chi connectivity index (χ4n) is 2.00. The molecule has 0 amide bonds. The highest BCUT2D eigenvalue weighted by Crippen LogP contribution is 2.40. The van der Waals surface area contributed by atoms with E-state index in [1.165, 1.54) is 11.0 Å². The highest BCUT2D eigenvalue weighted by molar-refractivity contribution is 7.09. The van der Waals surface area contributed by atoms with Crippen LogP contribution in [0.25, 0.3) is 6.08 Å². The molecule has 3 rings (SSSR count). The van der Waals surface area contributed by atoms with Gasteiger partial charge in [0, 0.05) is 17.4 Å². The average Bonchev–Trinajstić information content (AvgIpc) is 3.16. The van der Waals surface area contributed by atoms with Gasteiger partial charge in [0.1, 0.15) is 0 Å². The van der Waals surface area contributed by atoms with Crippen molar-refractivity contribution >= 4 is 35.0 Å². The average molecular weight is 337 g/mol. The summed E-state index contributed by atoms with van der Waals surface area (Å²) in [5.41, 5.74) is 0.754. The van der Waals surface area contributed by atoms with Crippen LogP contribution in [-0.2, 0) is 16.0 Å².